The normalized spacial score (nSPS) is 21.8. The van der Waals surface area contributed by atoms with Crippen LogP contribution in [0.4, 0.5) is 0 Å². The first-order chi connectivity index (χ1) is 9.97. The Labute approximate surface area is 127 Å². The fourth-order valence-corrected chi connectivity index (χ4v) is 4.20. The first-order valence-electron chi connectivity index (χ1n) is 7.21. The van der Waals surface area contributed by atoms with Gasteiger partial charge in [0.2, 0.25) is 11.8 Å². The zero-order valence-electron chi connectivity index (χ0n) is 12.1. The summed E-state index contributed by atoms with van der Waals surface area (Å²) < 4.78 is 1.24. The molecule has 0 aromatic carbocycles. The molecule has 1 atom stereocenters. The van der Waals surface area contributed by atoms with E-state index in [9.17, 15) is 14.4 Å². The molecule has 0 saturated carbocycles. The molecule has 21 heavy (non-hydrogen) atoms. The van der Waals surface area contributed by atoms with Gasteiger partial charge in [-0.05, 0) is 16.8 Å². The first-order valence-corrected chi connectivity index (χ1v) is 8.09. The summed E-state index contributed by atoms with van der Waals surface area (Å²) in [7, 11) is 0.955. The summed E-state index contributed by atoms with van der Waals surface area (Å²) in [6.07, 6.45) is 0.718. The second-order valence-corrected chi connectivity index (χ2v) is 7.01. The molecular weight excluding hydrogens is 287 g/mol. The van der Waals surface area contributed by atoms with Crippen molar-refractivity contribution >= 4 is 41.1 Å². The quantitative estimate of drug-likeness (QED) is 0.649. The lowest BCUT2D eigenvalue weighted by molar-refractivity contribution is -0.136. The van der Waals surface area contributed by atoms with Crippen LogP contribution in [0.15, 0.2) is 5.38 Å². The van der Waals surface area contributed by atoms with Crippen molar-refractivity contribution in [2.75, 3.05) is 0 Å². The number of piperidine rings is 1. The molecule has 1 N–H and O–H groups in total. The molecule has 0 bridgehead atoms. The van der Waals surface area contributed by atoms with Crippen molar-refractivity contribution in [1.29, 1.82) is 0 Å². The summed E-state index contributed by atoms with van der Waals surface area (Å²) in [5.74, 6) is -0.144. The van der Waals surface area contributed by atoms with E-state index in [1.807, 2.05) is 5.38 Å². The van der Waals surface area contributed by atoms with Gasteiger partial charge in [0.1, 0.15) is 6.04 Å². The van der Waals surface area contributed by atoms with Crippen LogP contribution in [0.5, 0.6) is 0 Å². The Bertz CT molecular complexity index is 626. The highest BCUT2D eigenvalue weighted by atomic mass is 32.1. The highest BCUT2D eigenvalue weighted by Crippen LogP contribution is 2.29. The van der Waals surface area contributed by atoms with Crippen LogP contribution >= 0.6 is 11.3 Å². The average Bonchev–Trinajstić information content (AvgIpc) is 2.92. The summed E-state index contributed by atoms with van der Waals surface area (Å²) in [6.45, 7) is 4.80. The maximum absolute atomic E-state index is 12.5. The fourth-order valence-electron chi connectivity index (χ4n) is 2.95. The van der Waals surface area contributed by atoms with Gasteiger partial charge in [0.05, 0.1) is 5.56 Å². The number of carbonyl (C=O) groups is 3. The zero-order chi connectivity index (χ0) is 15.1. The topological polar surface area (TPSA) is 66.5 Å². The van der Waals surface area contributed by atoms with Crippen LogP contribution in [0.1, 0.15) is 42.6 Å². The molecule has 1 aromatic heterocycles. The van der Waals surface area contributed by atoms with Gasteiger partial charge < -0.3 is 4.90 Å². The van der Waals surface area contributed by atoms with Crippen LogP contribution in [-0.2, 0) is 16.1 Å². The number of amides is 3. The van der Waals surface area contributed by atoms with E-state index in [4.69, 9.17) is 0 Å². The molecule has 0 radical (unpaired) electrons. The van der Waals surface area contributed by atoms with Crippen molar-refractivity contribution in [3.8, 4) is 0 Å². The van der Waals surface area contributed by atoms with E-state index in [1.165, 1.54) is 4.78 Å². The molecule has 3 rings (SSSR count). The van der Waals surface area contributed by atoms with E-state index in [0.29, 0.717) is 25.2 Å². The molecule has 3 amide bonds. The molecule has 1 saturated heterocycles. The Kier molecular flexibility index (Phi) is 3.61. The number of hydrogen-bond donors (Lipinski definition) is 1. The third-order valence-corrected chi connectivity index (χ3v) is 5.03. The Morgan fingerprint density at radius 3 is 2.81 bits per heavy atom. The lowest BCUT2D eigenvalue weighted by Crippen LogP contribution is -2.52. The smallest absolute Gasteiger partial charge is 0.256 e. The highest BCUT2D eigenvalue weighted by Gasteiger charge is 2.40. The van der Waals surface area contributed by atoms with E-state index in [1.54, 1.807) is 16.2 Å². The highest BCUT2D eigenvalue weighted by molar-refractivity contribution is 7.20. The molecule has 1 fully saturated rings. The van der Waals surface area contributed by atoms with Gasteiger partial charge in [-0.25, -0.2) is 0 Å². The summed E-state index contributed by atoms with van der Waals surface area (Å²) in [6, 6.07) is -0.514. The van der Waals surface area contributed by atoms with Crippen LogP contribution in [0.2, 0.25) is 5.82 Å². The van der Waals surface area contributed by atoms with Crippen LogP contribution in [-0.4, -0.2) is 35.9 Å². The van der Waals surface area contributed by atoms with Gasteiger partial charge in [-0.15, -0.1) is 0 Å². The molecule has 5 nitrogen and oxygen atoms in total. The van der Waals surface area contributed by atoms with E-state index in [0.717, 1.165) is 18.4 Å². The maximum atomic E-state index is 12.5. The second-order valence-electron chi connectivity index (χ2n) is 6.05. The standard InChI is InChI=1S/C14H17BN2O3S/c1-7(2)15-12-8-5-17(14(20)9(8)6-21-12)10-3-4-11(18)16-13(10)19/h6-7,10,15H,3-5H2,1-2H3,(H,16,18,19). The molecule has 0 aliphatic carbocycles. The number of imide groups is 1. The Balaban J connectivity index is 1.82. The molecule has 1 unspecified atom stereocenters. The van der Waals surface area contributed by atoms with Gasteiger partial charge in [-0.2, -0.15) is 11.3 Å². The van der Waals surface area contributed by atoms with E-state index >= 15 is 0 Å². The summed E-state index contributed by atoms with van der Waals surface area (Å²) in [4.78, 5) is 37.3. The minimum Gasteiger partial charge on any atom is -0.322 e. The van der Waals surface area contributed by atoms with E-state index in [-0.39, 0.29) is 17.7 Å². The van der Waals surface area contributed by atoms with Crippen molar-refractivity contribution in [1.82, 2.24) is 10.2 Å². The Morgan fingerprint density at radius 1 is 1.38 bits per heavy atom. The fraction of sp³-hybridized carbons (Fsp3) is 0.500. The molecular formula is C14H17BN2O3S. The van der Waals surface area contributed by atoms with Crippen LogP contribution < -0.4 is 10.1 Å². The summed E-state index contributed by atoms with van der Waals surface area (Å²) >= 11 is 1.63. The number of rotatable bonds is 3. The first kappa shape index (κ1) is 14.3. The molecule has 1 aromatic rings. The summed E-state index contributed by atoms with van der Waals surface area (Å²) in [5, 5.41) is 4.23. The van der Waals surface area contributed by atoms with Crippen molar-refractivity contribution in [3.63, 3.8) is 0 Å². The third-order valence-electron chi connectivity index (χ3n) is 3.98. The molecule has 3 heterocycles. The minimum absolute atomic E-state index is 0.0780. The van der Waals surface area contributed by atoms with Gasteiger partial charge >= 0.3 is 0 Å². The van der Waals surface area contributed by atoms with Crippen LogP contribution in [0, 0.1) is 0 Å². The number of carbonyl (C=O) groups excluding carboxylic acids is 3. The van der Waals surface area contributed by atoms with E-state index in [2.05, 4.69) is 19.2 Å². The Hall–Kier alpha value is -1.63. The van der Waals surface area contributed by atoms with Gasteiger partial charge in [0.15, 0.2) is 7.28 Å². The van der Waals surface area contributed by atoms with Gasteiger partial charge in [0.25, 0.3) is 5.91 Å². The number of nitrogens with one attached hydrogen (secondary N) is 1. The number of nitrogens with zero attached hydrogens (tertiary/aromatic N) is 1. The van der Waals surface area contributed by atoms with Gasteiger partial charge in [0, 0.05) is 18.3 Å². The van der Waals surface area contributed by atoms with Gasteiger partial charge in [-0.1, -0.05) is 19.7 Å². The zero-order valence-corrected chi connectivity index (χ0v) is 13.0. The van der Waals surface area contributed by atoms with Crippen molar-refractivity contribution < 1.29 is 14.4 Å². The number of thiophene rings is 1. The lowest BCUT2D eigenvalue weighted by atomic mass is 9.64. The monoisotopic (exact) mass is 304 g/mol. The second kappa shape index (κ2) is 5.29. The minimum atomic E-state index is -0.514. The molecule has 0 spiro atoms. The average molecular weight is 304 g/mol. The van der Waals surface area contributed by atoms with Crippen molar-refractivity contribution in [3.05, 3.63) is 16.5 Å². The van der Waals surface area contributed by atoms with E-state index < -0.39 is 6.04 Å². The summed E-state index contributed by atoms with van der Waals surface area (Å²) in [5.41, 5.74) is 1.81. The third kappa shape index (κ3) is 2.50. The Morgan fingerprint density at radius 2 is 2.14 bits per heavy atom. The van der Waals surface area contributed by atoms with Gasteiger partial charge in [-0.3, -0.25) is 19.7 Å². The van der Waals surface area contributed by atoms with Crippen LogP contribution in [0.25, 0.3) is 0 Å². The predicted octanol–water partition coefficient (Wildman–Crippen LogP) is 0.399. The molecule has 7 heteroatoms. The lowest BCUT2D eigenvalue weighted by Gasteiger charge is -2.29. The van der Waals surface area contributed by atoms with Crippen molar-refractivity contribution in [2.24, 2.45) is 0 Å². The largest absolute Gasteiger partial charge is 0.322 e. The predicted molar refractivity (Wildman–Crippen MR) is 82.2 cm³/mol. The van der Waals surface area contributed by atoms with Crippen molar-refractivity contribution in [2.45, 2.75) is 45.1 Å². The molecule has 110 valence electrons. The van der Waals surface area contributed by atoms with Crippen LogP contribution in [0.3, 0.4) is 0 Å². The molecule has 2 aliphatic heterocycles. The SMILES string of the molecule is CC(C)Bc1scc2c1CN(C1CCC(=O)NC1=O)C2=O. The number of hydrogen-bond acceptors (Lipinski definition) is 4. The maximum Gasteiger partial charge on any atom is 0.256 e. The molecule has 2 aliphatic rings. The number of fused-ring (bicyclic) bond motifs is 1.